The molecule has 2 aromatic rings. The minimum absolute atomic E-state index is 0.0425. The molecule has 5 heteroatoms. The number of ether oxygens (including phenoxy) is 2. The van der Waals surface area contributed by atoms with Crippen molar-refractivity contribution in [1.29, 1.82) is 0 Å². The van der Waals surface area contributed by atoms with Crippen molar-refractivity contribution < 1.29 is 9.47 Å². The van der Waals surface area contributed by atoms with Crippen molar-refractivity contribution in [2.24, 2.45) is 0 Å². The van der Waals surface area contributed by atoms with Gasteiger partial charge in [-0.1, -0.05) is 30.3 Å². The topological polar surface area (TPSA) is 44.2 Å². The summed E-state index contributed by atoms with van der Waals surface area (Å²) in [6, 6.07) is 14.1. The van der Waals surface area contributed by atoms with Crippen molar-refractivity contribution in [1.82, 2.24) is 10.2 Å². The van der Waals surface area contributed by atoms with Crippen molar-refractivity contribution >= 4 is 11.8 Å². The summed E-state index contributed by atoms with van der Waals surface area (Å²) < 4.78 is 10.8. The van der Waals surface area contributed by atoms with Gasteiger partial charge in [-0.2, -0.15) is 0 Å². The molecule has 0 atom stereocenters. The number of benzene rings is 1. The Kier molecular flexibility index (Phi) is 4.63. The molecule has 0 bridgehead atoms. The van der Waals surface area contributed by atoms with Gasteiger partial charge in [-0.05, 0) is 12.1 Å². The molecule has 0 saturated carbocycles. The van der Waals surface area contributed by atoms with E-state index in [4.69, 9.17) is 9.47 Å². The van der Waals surface area contributed by atoms with Gasteiger partial charge in [-0.3, -0.25) is 0 Å². The molecule has 0 N–H and O–H groups in total. The van der Waals surface area contributed by atoms with Crippen molar-refractivity contribution in [2.75, 3.05) is 19.0 Å². The Hall–Kier alpha value is -1.43. The Labute approximate surface area is 122 Å². The molecule has 20 heavy (non-hydrogen) atoms. The number of hydrogen-bond donors (Lipinski definition) is 0. The van der Waals surface area contributed by atoms with Crippen LogP contribution >= 0.6 is 11.8 Å². The van der Waals surface area contributed by atoms with Crippen LogP contribution in [-0.2, 0) is 9.47 Å². The van der Waals surface area contributed by atoms with Crippen molar-refractivity contribution in [3.63, 3.8) is 0 Å². The number of hydrogen-bond acceptors (Lipinski definition) is 5. The van der Waals surface area contributed by atoms with Gasteiger partial charge >= 0.3 is 0 Å². The Bertz CT molecular complexity index is 527. The lowest BCUT2D eigenvalue weighted by Gasteiger charge is -2.07. The smallest absolute Gasteiger partial charge is 0.158 e. The van der Waals surface area contributed by atoms with Crippen LogP contribution in [0.4, 0.5) is 0 Å². The molecule has 104 valence electrons. The summed E-state index contributed by atoms with van der Waals surface area (Å²) in [5.41, 5.74) is 1.99. The molecule has 0 aliphatic carbocycles. The Morgan fingerprint density at radius 3 is 2.50 bits per heavy atom. The van der Waals surface area contributed by atoms with E-state index in [0.29, 0.717) is 13.2 Å². The van der Waals surface area contributed by atoms with E-state index in [0.717, 1.165) is 28.5 Å². The van der Waals surface area contributed by atoms with E-state index >= 15 is 0 Å². The van der Waals surface area contributed by atoms with Gasteiger partial charge in [-0.15, -0.1) is 22.0 Å². The van der Waals surface area contributed by atoms with Gasteiger partial charge in [0.05, 0.1) is 18.9 Å². The number of rotatable bonds is 5. The number of thioether (sulfide) groups is 1. The first kappa shape index (κ1) is 13.5. The van der Waals surface area contributed by atoms with E-state index < -0.39 is 0 Å². The molecule has 1 aromatic heterocycles. The van der Waals surface area contributed by atoms with Crippen LogP contribution in [0, 0.1) is 0 Å². The van der Waals surface area contributed by atoms with E-state index in [1.54, 1.807) is 11.8 Å². The molecule has 0 unspecified atom stereocenters. The first-order chi connectivity index (χ1) is 9.92. The quantitative estimate of drug-likeness (QED) is 0.791. The van der Waals surface area contributed by atoms with Crippen molar-refractivity contribution in [2.45, 2.75) is 17.7 Å². The molecular formula is C15H16N2O2S. The summed E-state index contributed by atoms with van der Waals surface area (Å²) in [4.78, 5) is 0. The second-order valence-electron chi connectivity index (χ2n) is 4.43. The average molecular weight is 288 g/mol. The number of nitrogens with zero attached hydrogens (tertiary/aromatic N) is 2. The predicted octanol–water partition coefficient (Wildman–Crippen LogP) is 3.00. The molecule has 1 aromatic carbocycles. The Morgan fingerprint density at radius 1 is 1.00 bits per heavy atom. The minimum Gasteiger partial charge on any atom is -0.350 e. The van der Waals surface area contributed by atoms with Crippen molar-refractivity contribution in [3.05, 3.63) is 42.5 Å². The molecule has 4 nitrogen and oxygen atoms in total. The fourth-order valence-corrected chi connectivity index (χ4v) is 2.78. The Morgan fingerprint density at radius 2 is 1.80 bits per heavy atom. The van der Waals surface area contributed by atoms with Gasteiger partial charge in [0.15, 0.2) is 6.29 Å². The standard InChI is InChI=1S/C15H16N2O2S/c1-2-4-12(5-3-1)13-6-7-14(17-16-13)20-11-8-15-18-9-10-19-15/h1-7,15H,8-11H2. The summed E-state index contributed by atoms with van der Waals surface area (Å²) >= 11 is 1.68. The van der Waals surface area contributed by atoms with Crippen LogP contribution in [-0.4, -0.2) is 35.5 Å². The summed E-state index contributed by atoms with van der Waals surface area (Å²) in [6.45, 7) is 1.42. The zero-order valence-corrected chi connectivity index (χ0v) is 11.9. The van der Waals surface area contributed by atoms with Crippen LogP contribution in [0.1, 0.15) is 6.42 Å². The first-order valence-corrected chi connectivity index (χ1v) is 7.65. The molecule has 0 radical (unpaired) electrons. The second-order valence-corrected chi connectivity index (χ2v) is 5.55. The lowest BCUT2D eigenvalue weighted by Crippen LogP contribution is -2.08. The van der Waals surface area contributed by atoms with Gasteiger partial charge in [-0.25, -0.2) is 0 Å². The molecule has 0 spiro atoms. The maximum absolute atomic E-state index is 5.40. The van der Waals surface area contributed by atoms with Crippen LogP contribution in [0.25, 0.3) is 11.3 Å². The zero-order valence-electron chi connectivity index (χ0n) is 11.1. The third-order valence-electron chi connectivity index (χ3n) is 3.00. The van der Waals surface area contributed by atoms with E-state index in [1.165, 1.54) is 0 Å². The van der Waals surface area contributed by atoms with E-state index in [2.05, 4.69) is 10.2 Å². The third kappa shape index (κ3) is 3.56. The van der Waals surface area contributed by atoms with Gasteiger partial charge in [0, 0.05) is 17.7 Å². The summed E-state index contributed by atoms with van der Waals surface area (Å²) in [5.74, 6) is 0.921. The monoisotopic (exact) mass is 288 g/mol. The highest BCUT2D eigenvalue weighted by atomic mass is 32.2. The largest absolute Gasteiger partial charge is 0.350 e. The maximum Gasteiger partial charge on any atom is 0.158 e. The fraction of sp³-hybridized carbons (Fsp3) is 0.333. The van der Waals surface area contributed by atoms with Crippen LogP contribution in [0.2, 0.25) is 0 Å². The summed E-state index contributed by atoms with van der Waals surface area (Å²) in [7, 11) is 0. The lowest BCUT2D eigenvalue weighted by atomic mass is 10.1. The van der Waals surface area contributed by atoms with Crippen LogP contribution < -0.4 is 0 Å². The molecule has 1 fully saturated rings. The molecule has 3 rings (SSSR count). The van der Waals surface area contributed by atoms with Gasteiger partial charge in [0.1, 0.15) is 5.03 Å². The van der Waals surface area contributed by atoms with Crippen molar-refractivity contribution in [3.8, 4) is 11.3 Å². The summed E-state index contributed by atoms with van der Waals surface area (Å²) in [6.07, 6.45) is 0.839. The SMILES string of the molecule is c1ccc(-c2ccc(SCCC3OCCO3)nn2)cc1. The molecule has 1 aliphatic rings. The van der Waals surface area contributed by atoms with Crippen LogP contribution in [0.15, 0.2) is 47.5 Å². The summed E-state index contributed by atoms with van der Waals surface area (Å²) in [5, 5.41) is 9.45. The molecule has 1 saturated heterocycles. The lowest BCUT2D eigenvalue weighted by molar-refractivity contribution is -0.0421. The van der Waals surface area contributed by atoms with Crippen LogP contribution in [0.3, 0.4) is 0 Å². The minimum atomic E-state index is -0.0425. The third-order valence-corrected chi connectivity index (χ3v) is 3.96. The number of aromatic nitrogens is 2. The Balaban J connectivity index is 1.53. The molecular weight excluding hydrogens is 272 g/mol. The predicted molar refractivity (Wildman–Crippen MR) is 78.5 cm³/mol. The highest BCUT2D eigenvalue weighted by molar-refractivity contribution is 7.99. The van der Waals surface area contributed by atoms with E-state index in [-0.39, 0.29) is 6.29 Å². The first-order valence-electron chi connectivity index (χ1n) is 6.67. The van der Waals surface area contributed by atoms with Gasteiger partial charge < -0.3 is 9.47 Å². The fourth-order valence-electron chi connectivity index (χ4n) is 1.99. The maximum atomic E-state index is 5.40. The zero-order chi connectivity index (χ0) is 13.6. The highest BCUT2D eigenvalue weighted by Gasteiger charge is 2.15. The van der Waals surface area contributed by atoms with E-state index in [1.807, 2.05) is 42.5 Å². The van der Waals surface area contributed by atoms with Gasteiger partial charge in [0.25, 0.3) is 0 Å². The average Bonchev–Trinajstić information content (AvgIpc) is 3.02. The molecule has 1 aliphatic heterocycles. The second kappa shape index (κ2) is 6.83. The molecule has 0 amide bonds. The van der Waals surface area contributed by atoms with E-state index in [9.17, 15) is 0 Å². The molecule has 2 heterocycles. The normalized spacial score (nSPS) is 15.6. The van der Waals surface area contributed by atoms with Gasteiger partial charge in [0.2, 0.25) is 0 Å². The van der Waals surface area contributed by atoms with Crippen LogP contribution in [0.5, 0.6) is 0 Å². The highest BCUT2D eigenvalue weighted by Crippen LogP contribution is 2.21.